The second-order valence-corrected chi connectivity index (χ2v) is 5.82. The molecule has 0 aromatic heterocycles. The van der Waals surface area contributed by atoms with E-state index in [9.17, 15) is 25.5 Å². The van der Waals surface area contributed by atoms with Gasteiger partial charge in [-0.1, -0.05) is 30.3 Å². The molecule has 1 aromatic rings. The van der Waals surface area contributed by atoms with Crippen molar-refractivity contribution in [2.24, 2.45) is 0 Å². The lowest BCUT2D eigenvalue weighted by molar-refractivity contribution is -0.114. The first kappa shape index (κ1) is 21.0. The molecule has 0 aliphatic heterocycles. The minimum atomic E-state index is -1.27. The summed E-state index contributed by atoms with van der Waals surface area (Å²) in [6, 6.07) is 9.28. The second kappa shape index (κ2) is 11.5. The van der Waals surface area contributed by atoms with E-state index in [0.29, 0.717) is 6.42 Å². The largest absolute Gasteiger partial charge is 0.394 e. The van der Waals surface area contributed by atoms with Gasteiger partial charge in [0.25, 0.3) is 0 Å². The molecule has 0 heterocycles. The SMILES string of the molecule is OCC(OCc1ccccc1)C(O)C(O)CCC[C@@H](O)[C@H](O)CO. The van der Waals surface area contributed by atoms with E-state index in [-0.39, 0.29) is 19.4 Å². The fourth-order valence-corrected chi connectivity index (χ4v) is 2.31. The number of aliphatic hydroxyl groups excluding tert-OH is 6. The van der Waals surface area contributed by atoms with Crippen molar-refractivity contribution in [1.82, 2.24) is 0 Å². The topological polar surface area (TPSA) is 131 Å². The molecule has 0 aliphatic carbocycles. The molecule has 138 valence electrons. The van der Waals surface area contributed by atoms with Gasteiger partial charge in [-0.05, 0) is 24.8 Å². The molecule has 6 N–H and O–H groups in total. The molecule has 7 heteroatoms. The van der Waals surface area contributed by atoms with Gasteiger partial charge < -0.3 is 35.4 Å². The Morgan fingerprint density at radius 1 is 0.792 bits per heavy atom. The summed E-state index contributed by atoms with van der Waals surface area (Å²) in [7, 11) is 0. The Hall–Kier alpha value is -1.06. The van der Waals surface area contributed by atoms with E-state index >= 15 is 0 Å². The standard InChI is InChI=1S/C17H28O7/c18-9-15(22)13(20)7-4-8-14(21)17(23)16(10-19)24-11-12-5-2-1-3-6-12/h1-3,5-6,13-23H,4,7-11H2/t13-,14?,15-,16?,17?/m1/s1. The van der Waals surface area contributed by atoms with Gasteiger partial charge in [0.05, 0.1) is 32.0 Å². The highest BCUT2D eigenvalue weighted by atomic mass is 16.5. The molecule has 0 bridgehead atoms. The Kier molecular flexibility index (Phi) is 10.0. The Morgan fingerprint density at radius 2 is 1.42 bits per heavy atom. The van der Waals surface area contributed by atoms with Crippen molar-refractivity contribution in [2.45, 2.75) is 56.4 Å². The van der Waals surface area contributed by atoms with Gasteiger partial charge in [0, 0.05) is 0 Å². The van der Waals surface area contributed by atoms with E-state index in [1.54, 1.807) is 0 Å². The average Bonchev–Trinajstić information content (AvgIpc) is 2.61. The lowest BCUT2D eigenvalue weighted by atomic mass is 10.00. The Balaban J connectivity index is 2.37. The first-order chi connectivity index (χ1) is 11.5. The summed E-state index contributed by atoms with van der Waals surface area (Å²) in [4.78, 5) is 0. The second-order valence-electron chi connectivity index (χ2n) is 5.82. The Bertz CT molecular complexity index is 428. The van der Waals surface area contributed by atoms with Crippen LogP contribution in [0, 0.1) is 0 Å². The van der Waals surface area contributed by atoms with Crippen LogP contribution in [0.3, 0.4) is 0 Å². The molecule has 5 atom stereocenters. The lowest BCUT2D eigenvalue weighted by Gasteiger charge is -2.26. The fourth-order valence-electron chi connectivity index (χ4n) is 2.31. The Labute approximate surface area is 141 Å². The molecule has 7 nitrogen and oxygen atoms in total. The van der Waals surface area contributed by atoms with Crippen LogP contribution in [0.1, 0.15) is 24.8 Å². The predicted molar refractivity (Wildman–Crippen MR) is 87.1 cm³/mol. The monoisotopic (exact) mass is 344 g/mol. The van der Waals surface area contributed by atoms with Crippen molar-refractivity contribution in [1.29, 1.82) is 0 Å². The van der Waals surface area contributed by atoms with E-state index in [1.807, 2.05) is 30.3 Å². The van der Waals surface area contributed by atoms with Crippen molar-refractivity contribution in [3.05, 3.63) is 35.9 Å². The molecule has 24 heavy (non-hydrogen) atoms. The maximum atomic E-state index is 10.1. The van der Waals surface area contributed by atoms with Crippen LogP contribution in [0.5, 0.6) is 0 Å². The lowest BCUT2D eigenvalue weighted by Crippen LogP contribution is -2.41. The summed E-state index contributed by atoms with van der Waals surface area (Å²) in [5, 5.41) is 56.9. The van der Waals surface area contributed by atoms with E-state index in [0.717, 1.165) is 5.56 Å². The van der Waals surface area contributed by atoms with Gasteiger partial charge in [0.15, 0.2) is 0 Å². The van der Waals surface area contributed by atoms with Crippen molar-refractivity contribution < 1.29 is 35.4 Å². The minimum Gasteiger partial charge on any atom is -0.394 e. The molecular formula is C17H28O7. The zero-order chi connectivity index (χ0) is 17.9. The summed E-state index contributed by atoms with van der Waals surface area (Å²) in [6.07, 6.45) is -4.92. The molecule has 0 aliphatic rings. The van der Waals surface area contributed by atoms with E-state index in [4.69, 9.17) is 9.84 Å². The first-order valence-electron chi connectivity index (χ1n) is 8.09. The van der Waals surface area contributed by atoms with Gasteiger partial charge in [0.1, 0.15) is 18.3 Å². The molecule has 1 rings (SSSR count). The van der Waals surface area contributed by atoms with Gasteiger partial charge in [0.2, 0.25) is 0 Å². The average molecular weight is 344 g/mol. The maximum absolute atomic E-state index is 10.1. The van der Waals surface area contributed by atoms with Crippen LogP contribution < -0.4 is 0 Å². The number of benzene rings is 1. The normalized spacial score (nSPS) is 17.9. The maximum Gasteiger partial charge on any atom is 0.109 e. The van der Waals surface area contributed by atoms with E-state index in [1.165, 1.54) is 0 Å². The molecule has 0 saturated heterocycles. The summed E-state index contributed by atoms with van der Waals surface area (Å²) < 4.78 is 5.46. The van der Waals surface area contributed by atoms with Gasteiger partial charge in [-0.25, -0.2) is 0 Å². The molecular weight excluding hydrogens is 316 g/mol. The third-order valence-corrected chi connectivity index (χ3v) is 3.89. The zero-order valence-electron chi connectivity index (χ0n) is 13.6. The number of ether oxygens (including phenoxy) is 1. The number of aliphatic hydroxyl groups is 6. The highest BCUT2D eigenvalue weighted by Gasteiger charge is 2.27. The molecule has 0 fully saturated rings. The highest BCUT2D eigenvalue weighted by molar-refractivity contribution is 5.13. The van der Waals surface area contributed by atoms with Gasteiger partial charge in [-0.15, -0.1) is 0 Å². The summed E-state index contributed by atoms with van der Waals surface area (Å²) in [5.41, 5.74) is 0.888. The van der Waals surface area contributed by atoms with Crippen LogP contribution in [0.4, 0.5) is 0 Å². The number of hydrogen-bond acceptors (Lipinski definition) is 7. The molecule has 0 spiro atoms. The fraction of sp³-hybridized carbons (Fsp3) is 0.647. The highest BCUT2D eigenvalue weighted by Crippen LogP contribution is 2.14. The van der Waals surface area contributed by atoms with Crippen LogP contribution in [0.2, 0.25) is 0 Å². The van der Waals surface area contributed by atoms with Crippen molar-refractivity contribution in [3.8, 4) is 0 Å². The molecule has 0 saturated carbocycles. The van der Waals surface area contributed by atoms with Crippen LogP contribution in [-0.2, 0) is 11.3 Å². The van der Waals surface area contributed by atoms with Crippen molar-refractivity contribution in [2.75, 3.05) is 13.2 Å². The molecule has 1 aromatic carbocycles. The van der Waals surface area contributed by atoms with E-state index in [2.05, 4.69) is 0 Å². The third-order valence-electron chi connectivity index (χ3n) is 3.89. The van der Waals surface area contributed by atoms with Crippen molar-refractivity contribution in [3.63, 3.8) is 0 Å². The number of hydrogen-bond donors (Lipinski definition) is 6. The van der Waals surface area contributed by atoms with Gasteiger partial charge in [-0.3, -0.25) is 0 Å². The predicted octanol–water partition coefficient (Wildman–Crippen LogP) is -0.830. The third kappa shape index (κ3) is 7.23. The van der Waals surface area contributed by atoms with Crippen LogP contribution in [0.15, 0.2) is 30.3 Å². The van der Waals surface area contributed by atoms with Crippen molar-refractivity contribution >= 4 is 0 Å². The van der Waals surface area contributed by atoms with Gasteiger partial charge in [-0.2, -0.15) is 0 Å². The zero-order valence-corrected chi connectivity index (χ0v) is 13.6. The van der Waals surface area contributed by atoms with Crippen LogP contribution in [0.25, 0.3) is 0 Å². The van der Waals surface area contributed by atoms with Gasteiger partial charge >= 0.3 is 0 Å². The quantitative estimate of drug-likeness (QED) is 0.292. The molecule has 0 amide bonds. The summed E-state index contributed by atoms with van der Waals surface area (Å²) in [5.74, 6) is 0. The summed E-state index contributed by atoms with van der Waals surface area (Å²) >= 11 is 0. The van der Waals surface area contributed by atoms with Crippen LogP contribution >= 0.6 is 0 Å². The summed E-state index contributed by atoms with van der Waals surface area (Å²) in [6.45, 7) is -0.763. The number of rotatable bonds is 12. The first-order valence-corrected chi connectivity index (χ1v) is 8.09. The molecule has 0 radical (unpaired) electrons. The molecule has 3 unspecified atom stereocenters. The van der Waals surface area contributed by atoms with E-state index < -0.39 is 43.7 Å². The smallest absolute Gasteiger partial charge is 0.109 e. The Morgan fingerprint density at radius 3 is 2.00 bits per heavy atom. The van der Waals surface area contributed by atoms with Crippen LogP contribution in [-0.4, -0.2) is 74.4 Å². The minimum absolute atomic E-state index is 0.168.